The highest BCUT2D eigenvalue weighted by atomic mass is 16.5. The van der Waals surface area contributed by atoms with E-state index in [0.717, 1.165) is 30.8 Å². The maximum atomic E-state index is 11.4. The minimum atomic E-state index is -0.366. The Hall–Kier alpha value is -1.29. The van der Waals surface area contributed by atoms with E-state index in [1.54, 1.807) is 13.0 Å². The van der Waals surface area contributed by atoms with Crippen LogP contribution in [0.2, 0.25) is 0 Å². The second-order valence-electron chi connectivity index (χ2n) is 3.77. The van der Waals surface area contributed by atoms with Gasteiger partial charge in [-0.2, -0.15) is 0 Å². The summed E-state index contributed by atoms with van der Waals surface area (Å²) in [6, 6.07) is 1.81. The second kappa shape index (κ2) is 4.06. The van der Waals surface area contributed by atoms with Crippen molar-refractivity contribution in [3.8, 4) is 0 Å². The van der Waals surface area contributed by atoms with E-state index >= 15 is 0 Å². The lowest BCUT2D eigenvalue weighted by molar-refractivity contribution is 0.0486. The van der Waals surface area contributed by atoms with Crippen molar-refractivity contribution in [2.45, 2.75) is 19.9 Å². The molecule has 82 valence electrons. The van der Waals surface area contributed by atoms with E-state index in [4.69, 9.17) is 9.15 Å². The molecule has 0 fully saturated rings. The molecule has 1 aromatic heterocycles. The quantitative estimate of drug-likeness (QED) is 0.691. The molecule has 0 aromatic carbocycles. The zero-order chi connectivity index (χ0) is 10.8. The summed E-state index contributed by atoms with van der Waals surface area (Å²) in [6.45, 7) is 3.95. The third-order valence-electron chi connectivity index (χ3n) is 2.55. The van der Waals surface area contributed by atoms with Crippen LogP contribution in [0.3, 0.4) is 0 Å². The van der Waals surface area contributed by atoms with Crippen molar-refractivity contribution < 1.29 is 13.9 Å². The zero-order valence-corrected chi connectivity index (χ0v) is 9.08. The second-order valence-corrected chi connectivity index (χ2v) is 3.77. The maximum absolute atomic E-state index is 11.4. The highest BCUT2D eigenvalue weighted by Crippen LogP contribution is 2.22. The first-order valence-corrected chi connectivity index (χ1v) is 5.18. The molecule has 15 heavy (non-hydrogen) atoms. The van der Waals surface area contributed by atoms with Crippen LogP contribution >= 0.6 is 0 Å². The van der Waals surface area contributed by atoms with Gasteiger partial charge in [-0.3, -0.25) is 4.90 Å². The third-order valence-corrected chi connectivity index (χ3v) is 2.55. The monoisotopic (exact) mass is 209 g/mol. The summed E-state index contributed by atoms with van der Waals surface area (Å²) < 4.78 is 10.4. The van der Waals surface area contributed by atoms with Crippen molar-refractivity contribution in [3.63, 3.8) is 0 Å². The van der Waals surface area contributed by atoms with Gasteiger partial charge < -0.3 is 9.15 Å². The Morgan fingerprint density at radius 2 is 2.47 bits per heavy atom. The van der Waals surface area contributed by atoms with Gasteiger partial charge in [-0.15, -0.1) is 0 Å². The number of hydrogen-bond donors (Lipinski definition) is 0. The SMILES string of the molecule is CCOC(=O)c1cc2c(o1)CN(C)CC2. The predicted octanol–water partition coefficient (Wildman–Crippen LogP) is 1.44. The average Bonchev–Trinajstić information content (AvgIpc) is 2.60. The Kier molecular flexibility index (Phi) is 2.77. The molecular weight excluding hydrogens is 194 g/mol. The zero-order valence-electron chi connectivity index (χ0n) is 9.08. The molecule has 4 heteroatoms. The Morgan fingerprint density at radius 3 is 3.20 bits per heavy atom. The Labute approximate surface area is 88.8 Å². The van der Waals surface area contributed by atoms with Gasteiger partial charge in [0.05, 0.1) is 13.2 Å². The largest absolute Gasteiger partial charge is 0.460 e. The molecule has 0 saturated heterocycles. The number of carbonyl (C=O) groups is 1. The summed E-state index contributed by atoms with van der Waals surface area (Å²) in [7, 11) is 2.04. The van der Waals surface area contributed by atoms with Gasteiger partial charge in [0.2, 0.25) is 5.76 Å². The van der Waals surface area contributed by atoms with Crippen LogP contribution in [0.15, 0.2) is 10.5 Å². The van der Waals surface area contributed by atoms with Crippen molar-refractivity contribution in [3.05, 3.63) is 23.2 Å². The molecule has 0 unspecified atom stereocenters. The van der Waals surface area contributed by atoms with Crippen LogP contribution in [-0.2, 0) is 17.7 Å². The molecule has 0 atom stereocenters. The van der Waals surface area contributed by atoms with Crippen LogP contribution in [0.5, 0.6) is 0 Å². The predicted molar refractivity (Wildman–Crippen MR) is 54.7 cm³/mol. The minimum absolute atomic E-state index is 0.331. The topological polar surface area (TPSA) is 42.7 Å². The highest BCUT2D eigenvalue weighted by molar-refractivity contribution is 5.86. The third kappa shape index (κ3) is 2.04. The maximum Gasteiger partial charge on any atom is 0.374 e. The van der Waals surface area contributed by atoms with E-state index in [1.165, 1.54) is 0 Å². The Morgan fingerprint density at radius 1 is 1.67 bits per heavy atom. The summed E-state index contributed by atoms with van der Waals surface area (Å²) in [6.07, 6.45) is 0.939. The number of fused-ring (bicyclic) bond motifs is 1. The Bertz CT molecular complexity index is 370. The van der Waals surface area contributed by atoms with Crippen LogP contribution < -0.4 is 0 Å². The van der Waals surface area contributed by atoms with Gasteiger partial charge in [0.15, 0.2) is 0 Å². The van der Waals surface area contributed by atoms with E-state index < -0.39 is 0 Å². The molecule has 1 aliphatic heterocycles. The van der Waals surface area contributed by atoms with Crippen molar-refractivity contribution in [2.24, 2.45) is 0 Å². The Balaban J connectivity index is 2.19. The summed E-state index contributed by atoms with van der Waals surface area (Å²) >= 11 is 0. The molecule has 0 amide bonds. The fraction of sp³-hybridized carbons (Fsp3) is 0.545. The van der Waals surface area contributed by atoms with Gasteiger partial charge in [0, 0.05) is 6.54 Å². The van der Waals surface area contributed by atoms with Crippen molar-refractivity contribution in [2.75, 3.05) is 20.2 Å². The van der Waals surface area contributed by atoms with Gasteiger partial charge in [-0.1, -0.05) is 0 Å². The minimum Gasteiger partial charge on any atom is -0.460 e. The van der Waals surface area contributed by atoms with Gasteiger partial charge >= 0.3 is 5.97 Å². The van der Waals surface area contributed by atoms with Crippen LogP contribution in [0.4, 0.5) is 0 Å². The number of hydrogen-bond acceptors (Lipinski definition) is 4. The van der Waals surface area contributed by atoms with E-state index in [9.17, 15) is 4.79 Å². The molecule has 0 saturated carbocycles. The van der Waals surface area contributed by atoms with Crippen LogP contribution in [0, 0.1) is 0 Å². The molecule has 2 rings (SSSR count). The molecule has 0 bridgehead atoms. The molecule has 0 N–H and O–H groups in total. The van der Waals surface area contributed by atoms with Gasteiger partial charge in [-0.05, 0) is 32.0 Å². The molecule has 1 aromatic rings. The van der Waals surface area contributed by atoms with E-state index in [2.05, 4.69) is 4.90 Å². The lowest BCUT2D eigenvalue weighted by Crippen LogP contribution is -2.25. The van der Waals surface area contributed by atoms with Gasteiger partial charge in [0.25, 0.3) is 0 Å². The molecule has 0 radical (unpaired) electrons. The molecule has 4 nitrogen and oxygen atoms in total. The van der Waals surface area contributed by atoms with Crippen LogP contribution in [0.25, 0.3) is 0 Å². The lowest BCUT2D eigenvalue weighted by atomic mass is 10.1. The number of esters is 1. The number of rotatable bonds is 2. The number of ether oxygens (including phenoxy) is 1. The molecule has 0 spiro atoms. The van der Waals surface area contributed by atoms with E-state index in [-0.39, 0.29) is 5.97 Å². The molecular formula is C11H15NO3. The standard InChI is InChI=1S/C11H15NO3/c1-3-14-11(13)9-6-8-4-5-12(2)7-10(8)15-9/h6H,3-5,7H2,1-2H3. The summed E-state index contributed by atoms with van der Waals surface area (Å²) in [5.41, 5.74) is 1.14. The normalized spacial score (nSPS) is 16.1. The smallest absolute Gasteiger partial charge is 0.374 e. The average molecular weight is 209 g/mol. The van der Waals surface area contributed by atoms with E-state index in [0.29, 0.717) is 12.4 Å². The van der Waals surface area contributed by atoms with Crippen LogP contribution in [-0.4, -0.2) is 31.1 Å². The lowest BCUT2D eigenvalue weighted by Gasteiger charge is -2.20. The molecule has 1 aliphatic rings. The molecule has 2 heterocycles. The number of carbonyl (C=O) groups excluding carboxylic acids is 1. The van der Waals surface area contributed by atoms with Crippen LogP contribution in [0.1, 0.15) is 28.8 Å². The summed E-state index contributed by atoms with van der Waals surface area (Å²) in [5.74, 6) is 0.860. The fourth-order valence-corrected chi connectivity index (χ4v) is 1.75. The number of furan rings is 1. The van der Waals surface area contributed by atoms with Crippen molar-refractivity contribution >= 4 is 5.97 Å². The number of likely N-dealkylation sites (N-methyl/N-ethyl adjacent to an activating group) is 1. The first-order valence-electron chi connectivity index (χ1n) is 5.18. The summed E-state index contributed by atoms with van der Waals surface area (Å²) in [4.78, 5) is 13.6. The van der Waals surface area contributed by atoms with Crippen molar-refractivity contribution in [1.29, 1.82) is 0 Å². The van der Waals surface area contributed by atoms with Gasteiger partial charge in [-0.25, -0.2) is 4.79 Å². The number of nitrogens with zero attached hydrogens (tertiary/aromatic N) is 1. The van der Waals surface area contributed by atoms with Gasteiger partial charge in [0.1, 0.15) is 5.76 Å². The molecule has 0 aliphatic carbocycles. The summed E-state index contributed by atoms with van der Waals surface area (Å²) in [5, 5.41) is 0. The fourth-order valence-electron chi connectivity index (χ4n) is 1.75. The van der Waals surface area contributed by atoms with E-state index in [1.807, 2.05) is 7.05 Å². The first-order chi connectivity index (χ1) is 7.20. The highest BCUT2D eigenvalue weighted by Gasteiger charge is 2.21. The van der Waals surface area contributed by atoms with Crippen molar-refractivity contribution in [1.82, 2.24) is 4.90 Å². The first kappa shape index (κ1) is 10.2.